The summed E-state index contributed by atoms with van der Waals surface area (Å²) in [6.45, 7) is 0.385. The lowest BCUT2D eigenvalue weighted by atomic mass is 10.3. The molecule has 1 heterocycles. The molecule has 0 saturated heterocycles. The van der Waals surface area contributed by atoms with E-state index in [1.54, 1.807) is 24.4 Å². The summed E-state index contributed by atoms with van der Waals surface area (Å²) in [5.41, 5.74) is 4.10. The van der Waals surface area contributed by atoms with E-state index in [2.05, 4.69) is 10.4 Å². The zero-order valence-electron chi connectivity index (χ0n) is 9.06. The van der Waals surface area contributed by atoms with Gasteiger partial charge in [0, 0.05) is 6.20 Å². The minimum Gasteiger partial charge on any atom is -0.486 e. The van der Waals surface area contributed by atoms with Gasteiger partial charge in [-0.15, -0.1) is 0 Å². The second-order valence-electron chi connectivity index (χ2n) is 3.40. The van der Waals surface area contributed by atoms with E-state index in [1.807, 2.05) is 18.2 Å². The van der Waals surface area contributed by atoms with Crippen molar-refractivity contribution < 1.29 is 4.74 Å². The largest absolute Gasteiger partial charge is 0.486 e. The molecule has 0 spiro atoms. The summed E-state index contributed by atoms with van der Waals surface area (Å²) in [6, 6.07) is 10.9. The van der Waals surface area contributed by atoms with Crippen LogP contribution in [0.15, 0.2) is 42.6 Å². The number of rotatable bonds is 4. The van der Waals surface area contributed by atoms with Gasteiger partial charge in [0.15, 0.2) is 0 Å². The first kappa shape index (κ1) is 11.7. The SMILES string of the molecule is NNc1ccc(OCc2ccccn2)c(Cl)c1. The average molecular weight is 250 g/mol. The number of aromatic nitrogens is 1. The highest BCUT2D eigenvalue weighted by atomic mass is 35.5. The van der Waals surface area contributed by atoms with Crippen molar-refractivity contribution in [1.82, 2.24) is 4.98 Å². The second kappa shape index (κ2) is 5.52. The molecule has 0 fully saturated rings. The lowest BCUT2D eigenvalue weighted by Crippen LogP contribution is -2.06. The van der Waals surface area contributed by atoms with Crippen LogP contribution in [0, 0.1) is 0 Å². The third kappa shape index (κ3) is 3.09. The molecule has 2 aromatic rings. The predicted octanol–water partition coefficient (Wildman–Crippen LogP) is 2.60. The molecule has 5 heteroatoms. The van der Waals surface area contributed by atoms with Gasteiger partial charge in [-0.2, -0.15) is 0 Å². The minimum absolute atomic E-state index is 0.385. The standard InChI is InChI=1S/C12H12ClN3O/c13-11-7-9(16-14)4-5-12(11)17-8-10-3-1-2-6-15-10/h1-7,16H,8,14H2. The summed E-state index contributed by atoms with van der Waals surface area (Å²) in [5, 5.41) is 0.511. The highest BCUT2D eigenvalue weighted by molar-refractivity contribution is 6.32. The van der Waals surface area contributed by atoms with Crippen LogP contribution in [-0.4, -0.2) is 4.98 Å². The van der Waals surface area contributed by atoms with Crippen LogP contribution in [0.2, 0.25) is 5.02 Å². The van der Waals surface area contributed by atoms with Gasteiger partial charge < -0.3 is 10.2 Å². The third-order valence-corrected chi connectivity index (χ3v) is 2.50. The summed E-state index contributed by atoms with van der Waals surface area (Å²) in [7, 11) is 0. The van der Waals surface area contributed by atoms with Crippen LogP contribution in [0.25, 0.3) is 0 Å². The van der Waals surface area contributed by atoms with Crippen molar-refractivity contribution in [3.8, 4) is 5.75 Å². The summed E-state index contributed by atoms with van der Waals surface area (Å²) in [4.78, 5) is 4.16. The van der Waals surface area contributed by atoms with Crippen LogP contribution in [0.1, 0.15) is 5.69 Å². The Kier molecular flexibility index (Phi) is 3.80. The van der Waals surface area contributed by atoms with Gasteiger partial charge in [0.2, 0.25) is 0 Å². The molecule has 0 radical (unpaired) electrons. The van der Waals surface area contributed by atoms with Crippen LogP contribution >= 0.6 is 11.6 Å². The Bertz CT molecular complexity index is 490. The van der Waals surface area contributed by atoms with Crippen molar-refractivity contribution in [3.05, 3.63) is 53.3 Å². The van der Waals surface area contributed by atoms with Gasteiger partial charge in [0.05, 0.1) is 16.4 Å². The topological polar surface area (TPSA) is 60.2 Å². The van der Waals surface area contributed by atoms with E-state index in [1.165, 1.54) is 0 Å². The Morgan fingerprint density at radius 2 is 2.18 bits per heavy atom. The number of pyridine rings is 1. The van der Waals surface area contributed by atoms with Crippen molar-refractivity contribution in [2.75, 3.05) is 5.43 Å². The highest BCUT2D eigenvalue weighted by Crippen LogP contribution is 2.27. The predicted molar refractivity (Wildman–Crippen MR) is 67.8 cm³/mol. The summed E-state index contributed by atoms with van der Waals surface area (Å²) in [6.07, 6.45) is 1.72. The summed E-state index contributed by atoms with van der Waals surface area (Å²) >= 11 is 6.03. The van der Waals surface area contributed by atoms with E-state index >= 15 is 0 Å². The highest BCUT2D eigenvalue weighted by Gasteiger charge is 2.03. The number of nitrogens with two attached hydrogens (primary N) is 1. The summed E-state index contributed by atoms with van der Waals surface area (Å²) < 4.78 is 5.56. The van der Waals surface area contributed by atoms with Crippen LogP contribution in [0.3, 0.4) is 0 Å². The van der Waals surface area contributed by atoms with E-state index in [0.717, 1.165) is 11.4 Å². The quantitative estimate of drug-likeness (QED) is 0.646. The van der Waals surface area contributed by atoms with Gasteiger partial charge in [0.1, 0.15) is 12.4 Å². The lowest BCUT2D eigenvalue weighted by Gasteiger charge is -2.08. The number of hydrogen-bond donors (Lipinski definition) is 2. The average Bonchev–Trinajstić information content (AvgIpc) is 2.38. The monoisotopic (exact) mass is 249 g/mol. The van der Waals surface area contributed by atoms with E-state index < -0.39 is 0 Å². The zero-order chi connectivity index (χ0) is 12.1. The molecule has 3 N–H and O–H groups in total. The molecule has 0 aliphatic carbocycles. The molecular formula is C12H12ClN3O. The number of benzene rings is 1. The Morgan fingerprint density at radius 3 is 2.82 bits per heavy atom. The molecule has 0 saturated carbocycles. The Morgan fingerprint density at radius 1 is 1.29 bits per heavy atom. The van der Waals surface area contributed by atoms with Gasteiger partial charge in [-0.3, -0.25) is 10.8 Å². The molecule has 88 valence electrons. The zero-order valence-corrected chi connectivity index (χ0v) is 9.82. The van der Waals surface area contributed by atoms with Gasteiger partial charge in [-0.25, -0.2) is 0 Å². The first-order valence-electron chi connectivity index (χ1n) is 5.08. The molecule has 0 aliphatic heterocycles. The number of nitrogens with one attached hydrogen (secondary N) is 1. The number of hydrogen-bond acceptors (Lipinski definition) is 4. The fourth-order valence-corrected chi connectivity index (χ4v) is 1.58. The van der Waals surface area contributed by atoms with Gasteiger partial charge >= 0.3 is 0 Å². The maximum Gasteiger partial charge on any atom is 0.138 e. The number of anilines is 1. The third-order valence-electron chi connectivity index (χ3n) is 2.20. The van der Waals surface area contributed by atoms with Crippen molar-refractivity contribution in [2.45, 2.75) is 6.61 Å². The minimum atomic E-state index is 0.385. The number of ether oxygens (including phenoxy) is 1. The van der Waals surface area contributed by atoms with Crippen molar-refractivity contribution >= 4 is 17.3 Å². The first-order chi connectivity index (χ1) is 8.29. The number of halogens is 1. The Balaban J connectivity index is 2.04. The molecule has 17 heavy (non-hydrogen) atoms. The molecule has 0 amide bonds. The van der Waals surface area contributed by atoms with Crippen molar-refractivity contribution in [3.63, 3.8) is 0 Å². The number of hydrazine groups is 1. The summed E-state index contributed by atoms with van der Waals surface area (Å²) in [5.74, 6) is 5.88. The van der Waals surface area contributed by atoms with E-state index in [0.29, 0.717) is 17.4 Å². The molecule has 4 nitrogen and oxygen atoms in total. The van der Waals surface area contributed by atoms with E-state index in [9.17, 15) is 0 Å². The maximum absolute atomic E-state index is 6.03. The van der Waals surface area contributed by atoms with Crippen molar-refractivity contribution in [1.29, 1.82) is 0 Å². The molecule has 0 atom stereocenters. The molecule has 2 rings (SSSR count). The maximum atomic E-state index is 6.03. The van der Waals surface area contributed by atoms with Crippen LogP contribution in [0.5, 0.6) is 5.75 Å². The van der Waals surface area contributed by atoms with E-state index in [4.69, 9.17) is 22.2 Å². The van der Waals surface area contributed by atoms with Crippen LogP contribution < -0.4 is 16.0 Å². The Labute approximate surface area is 104 Å². The molecule has 0 aliphatic rings. The van der Waals surface area contributed by atoms with Crippen molar-refractivity contribution in [2.24, 2.45) is 5.84 Å². The Hall–Kier alpha value is -1.78. The number of nitrogen functional groups attached to an aromatic ring is 1. The molecule has 0 bridgehead atoms. The molecule has 0 unspecified atom stereocenters. The van der Waals surface area contributed by atoms with Gasteiger partial charge in [-0.05, 0) is 30.3 Å². The molecule has 1 aromatic carbocycles. The van der Waals surface area contributed by atoms with E-state index in [-0.39, 0.29) is 0 Å². The van der Waals surface area contributed by atoms with Crippen LogP contribution in [-0.2, 0) is 6.61 Å². The molecular weight excluding hydrogens is 238 g/mol. The molecule has 1 aromatic heterocycles. The normalized spacial score (nSPS) is 10.0. The smallest absolute Gasteiger partial charge is 0.138 e. The van der Waals surface area contributed by atoms with Crippen LogP contribution in [0.4, 0.5) is 5.69 Å². The first-order valence-corrected chi connectivity index (χ1v) is 5.46. The number of nitrogens with zero attached hydrogens (tertiary/aromatic N) is 1. The van der Waals surface area contributed by atoms with Gasteiger partial charge in [0.25, 0.3) is 0 Å². The lowest BCUT2D eigenvalue weighted by molar-refractivity contribution is 0.301. The second-order valence-corrected chi connectivity index (χ2v) is 3.81. The fraction of sp³-hybridized carbons (Fsp3) is 0.0833. The van der Waals surface area contributed by atoms with Gasteiger partial charge in [-0.1, -0.05) is 17.7 Å². The fourth-order valence-electron chi connectivity index (χ4n) is 1.34.